The first-order valence-electron chi connectivity index (χ1n) is 8.11. The molecular weight excluding hydrogens is 443 g/mol. The van der Waals surface area contributed by atoms with Crippen LogP contribution in [0.4, 0.5) is 24.0 Å². The van der Waals surface area contributed by atoms with Gasteiger partial charge < -0.3 is 5.32 Å². The Morgan fingerprint density at radius 2 is 1.40 bits per heavy atom. The normalized spacial score (nSPS) is 11.7. The van der Waals surface area contributed by atoms with Gasteiger partial charge in [0.1, 0.15) is 0 Å². The predicted molar refractivity (Wildman–Crippen MR) is 104 cm³/mol. The quantitative estimate of drug-likeness (QED) is 0.606. The molecule has 0 bridgehead atoms. The molecule has 0 aliphatic rings. The Kier molecular flexibility index (Phi) is 5.89. The third-order valence-electron chi connectivity index (χ3n) is 3.79. The van der Waals surface area contributed by atoms with Gasteiger partial charge >= 0.3 is 5.51 Å². The van der Waals surface area contributed by atoms with E-state index in [1.165, 1.54) is 35.6 Å². The number of thiazole rings is 1. The van der Waals surface area contributed by atoms with Gasteiger partial charge in [-0.1, -0.05) is 0 Å². The second kappa shape index (κ2) is 8.24. The van der Waals surface area contributed by atoms with Crippen molar-refractivity contribution in [2.45, 2.75) is 10.4 Å². The van der Waals surface area contributed by atoms with Crippen LogP contribution in [0, 0.1) is 0 Å². The van der Waals surface area contributed by atoms with E-state index < -0.39 is 26.1 Å². The number of nitrogens with zero attached hydrogens (tertiary/aromatic N) is 1. The van der Waals surface area contributed by atoms with E-state index in [4.69, 9.17) is 0 Å². The molecule has 2 amide bonds. The maximum absolute atomic E-state index is 12.6. The first-order valence-corrected chi connectivity index (χ1v) is 10.5. The monoisotopic (exact) mass is 455 g/mol. The number of amides is 2. The standard InChI is InChI=1S/C18H12F3N3O4S2/c19-18(20,21)30(27,28)14-7-3-12(4-8-14)15(25)23-13-5-1-11(2-6-13)16(26)24-17-22-9-10-29-17/h1-10H,(H,23,25)(H,22,24,26). The molecule has 0 aliphatic carbocycles. The molecular formula is C18H12F3N3O4S2. The van der Waals surface area contributed by atoms with Gasteiger partial charge in [0.2, 0.25) is 0 Å². The molecule has 0 atom stereocenters. The van der Waals surface area contributed by atoms with Crippen LogP contribution in [0.25, 0.3) is 0 Å². The highest BCUT2D eigenvalue weighted by molar-refractivity contribution is 7.92. The molecule has 0 saturated carbocycles. The Morgan fingerprint density at radius 1 is 0.867 bits per heavy atom. The number of halogens is 3. The summed E-state index contributed by atoms with van der Waals surface area (Å²) in [4.78, 5) is 27.3. The lowest BCUT2D eigenvalue weighted by atomic mass is 10.1. The second-order valence-corrected chi connectivity index (χ2v) is 8.63. The fourth-order valence-electron chi connectivity index (χ4n) is 2.28. The zero-order valence-corrected chi connectivity index (χ0v) is 16.4. The van der Waals surface area contributed by atoms with Crippen LogP contribution in [0.5, 0.6) is 0 Å². The van der Waals surface area contributed by atoms with Gasteiger partial charge in [-0.2, -0.15) is 13.2 Å². The van der Waals surface area contributed by atoms with Crippen molar-refractivity contribution in [3.63, 3.8) is 0 Å². The van der Waals surface area contributed by atoms with E-state index in [0.717, 1.165) is 12.1 Å². The topological polar surface area (TPSA) is 105 Å². The summed E-state index contributed by atoms with van der Waals surface area (Å²) >= 11 is 1.26. The van der Waals surface area contributed by atoms with E-state index >= 15 is 0 Å². The molecule has 1 heterocycles. The number of nitrogens with one attached hydrogen (secondary N) is 2. The second-order valence-electron chi connectivity index (χ2n) is 5.80. The summed E-state index contributed by atoms with van der Waals surface area (Å²) in [5.41, 5.74) is -4.81. The SMILES string of the molecule is O=C(Nc1ccc(C(=O)Nc2nccs2)cc1)c1ccc(S(=O)(=O)C(F)(F)F)cc1. The molecule has 0 radical (unpaired) electrons. The lowest BCUT2D eigenvalue weighted by molar-refractivity contribution is -0.0436. The molecule has 1 aromatic heterocycles. The number of anilines is 2. The highest BCUT2D eigenvalue weighted by atomic mass is 32.2. The minimum atomic E-state index is -5.48. The van der Waals surface area contributed by atoms with Gasteiger partial charge in [-0.15, -0.1) is 11.3 Å². The number of benzene rings is 2. The van der Waals surface area contributed by atoms with Crippen LogP contribution in [0.2, 0.25) is 0 Å². The number of hydrogen-bond acceptors (Lipinski definition) is 6. The number of carbonyl (C=O) groups excluding carboxylic acids is 2. The number of aromatic nitrogens is 1. The maximum atomic E-state index is 12.6. The molecule has 0 unspecified atom stereocenters. The summed E-state index contributed by atoms with van der Waals surface area (Å²) in [6, 6.07) is 9.25. The van der Waals surface area contributed by atoms with Crippen molar-refractivity contribution in [1.82, 2.24) is 4.98 Å². The minimum absolute atomic E-state index is 0.0401. The van der Waals surface area contributed by atoms with Crippen molar-refractivity contribution in [1.29, 1.82) is 0 Å². The van der Waals surface area contributed by atoms with E-state index in [2.05, 4.69) is 15.6 Å². The van der Waals surface area contributed by atoms with Crippen molar-refractivity contribution in [2.75, 3.05) is 10.6 Å². The first-order chi connectivity index (χ1) is 14.1. The van der Waals surface area contributed by atoms with Crippen LogP contribution in [0.3, 0.4) is 0 Å². The Morgan fingerprint density at radius 3 is 1.90 bits per heavy atom. The highest BCUT2D eigenvalue weighted by Crippen LogP contribution is 2.30. The molecule has 2 N–H and O–H groups in total. The summed E-state index contributed by atoms with van der Waals surface area (Å²) in [5.74, 6) is -1.05. The molecule has 3 aromatic rings. The molecule has 7 nitrogen and oxygen atoms in total. The van der Waals surface area contributed by atoms with E-state index in [1.54, 1.807) is 11.6 Å². The van der Waals surface area contributed by atoms with Gasteiger partial charge in [0.15, 0.2) is 5.13 Å². The van der Waals surface area contributed by atoms with Crippen LogP contribution < -0.4 is 10.6 Å². The van der Waals surface area contributed by atoms with Crippen molar-refractivity contribution in [2.24, 2.45) is 0 Å². The summed E-state index contributed by atoms with van der Waals surface area (Å²) in [7, 11) is -5.48. The number of sulfone groups is 1. The average molecular weight is 455 g/mol. The summed E-state index contributed by atoms with van der Waals surface area (Å²) < 4.78 is 60.4. The smallest absolute Gasteiger partial charge is 0.322 e. The molecule has 0 saturated heterocycles. The van der Waals surface area contributed by atoms with Gasteiger partial charge in [-0.3, -0.25) is 14.9 Å². The molecule has 2 aromatic carbocycles. The maximum Gasteiger partial charge on any atom is 0.501 e. The van der Waals surface area contributed by atoms with Gasteiger partial charge in [0.05, 0.1) is 4.90 Å². The van der Waals surface area contributed by atoms with Crippen molar-refractivity contribution in [3.05, 3.63) is 71.2 Å². The molecule has 0 aliphatic heterocycles. The van der Waals surface area contributed by atoms with Crippen LogP contribution in [0.15, 0.2) is 65.0 Å². The largest absolute Gasteiger partial charge is 0.501 e. The number of rotatable bonds is 5. The highest BCUT2D eigenvalue weighted by Gasteiger charge is 2.46. The van der Waals surface area contributed by atoms with Gasteiger partial charge in [0, 0.05) is 28.4 Å². The van der Waals surface area contributed by atoms with E-state index in [9.17, 15) is 31.2 Å². The molecule has 0 fully saturated rings. The fraction of sp³-hybridized carbons (Fsp3) is 0.0556. The molecule has 0 spiro atoms. The van der Waals surface area contributed by atoms with Gasteiger partial charge in [-0.25, -0.2) is 13.4 Å². The summed E-state index contributed by atoms with van der Waals surface area (Å²) in [6.07, 6.45) is 1.55. The van der Waals surface area contributed by atoms with Crippen LogP contribution in [0.1, 0.15) is 20.7 Å². The Labute approximate surface area is 172 Å². The molecule has 30 heavy (non-hydrogen) atoms. The van der Waals surface area contributed by atoms with E-state index in [-0.39, 0.29) is 11.5 Å². The van der Waals surface area contributed by atoms with Gasteiger partial charge in [-0.05, 0) is 48.5 Å². The fourth-order valence-corrected chi connectivity index (χ4v) is 3.57. The Hall–Kier alpha value is -3.25. The number of hydrogen-bond donors (Lipinski definition) is 2. The van der Waals surface area contributed by atoms with Crippen LogP contribution in [-0.4, -0.2) is 30.7 Å². The molecule has 12 heteroatoms. The lowest BCUT2D eigenvalue weighted by Crippen LogP contribution is -2.23. The molecule has 3 rings (SSSR count). The van der Waals surface area contributed by atoms with Crippen LogP contribution >= 0.6 is 11.3 Å². The van der Waals surface area contributed by atoms with Crippen molar-refractivity contribution in [3.8, 4) is 0 Å². The average Bonchev–Trinajstić information content (AvgIpc) is 3.20. The third-order valence-corrected chi connectivity index (χ3v) is 5.98. The van der Waals surface area contributed by atoms with Crippen molar-refractivity contribution < 1.29 is 31.2 Å². The van der Waals surface area contributed by atoms with E-state index in [0.29, 0.717) is 28.5 Å². The summed E-state index contributed by atoms with van der Waals surface area (Å²) in [5, 5.41) is 7.26. The third kappa shape index (κ3) is 4.66. The zero-order valence-electron chi connectivity index (χ0n) is 14.8. The van der Waals surface area contributed by atoms with E-state index in [1.807, 2.05) is 0 Å². The minimum Gasteiger partial charge on any atom is -0.322 e. The zero-order chi connectivity index (χ0) is 21.9. The first kappa shape index (κ1) is 21.5. The molecule has 156 valence electrons. The van der Waals surface area contributed by atoms with Gasteiger partial charge in [0.25, 0.3) is 21.7 Å². The van der Waals surface area contributed by atoms with Crippen molar-refractivity contribution >= 4 is 43.8 Å². The Balaban J connectivity index is 1.66. The lowest BCUT2D eigenvalue weighted by Gasteiger charge is -2.09. The number of alkyl halides is 3. The summed E-state index contributed by atoms with van der Waals surface area (Å²) in [6.45, 7) is 0. The number of carbonyl (C=O) groups is 2. The van der Waals surface area contributed by atoms with Crippen LogP contribution in [-0.2, 0) is 9.84 Å². The Bertz CT molecular complexity index is 1160. The predicted octanol–water partition coefficient (Wildman–Crippen LogP) is 3.94.